The number of carbonyl (C=O) groups is 1. The van der Waals surface area contributed by atoms with Gasteiger partial charge in [0.1, 0.15) is 6.61 Å². The first kappa shape index (κ1) is 31.6. The Morgan fingerprint density at radius 2 is 1.60 bits per heavy atom. The first-order valence-electron chi connectivity index (χ1n) is 9.48. The molecule has 0 rings (SSSR count). The Bertz CT molecular complexity index is 285. The van der Waals surface area contributed by atoms with Crippen molar-refractivity contribution in [1.82, 2.24) is 5.06 Å². The number of hydrogen-bond donors (Lipinski definition) is 1. The molecule has 0 aromatic rings. The van der Waals surface area contributed by atoms with Crippen LogP contribution in [-0.2, 0) is 19.1 Å². The molecular weight excluding hydrogens is 320 g/mol. The number of ether oxygens (including phenoxy) is 2. The summed E-state index contributed by atoms with van der Waals surface area (Å²) >= 11 is 0. The molecule has 0 aliphatic heterocycles. The predicted octanol–water partition coefficient (Wildman–Crippen LogP) is 4.50. The summed E-state index contributed by atoms with van der Waals surface area (Å²) in [5, 5.41) is 1.58. The molecule has 0 radical (unpaired) electrons. The lowest BCUT2D eigenvalue weighted by molar-refractivity contribution is -0.193. The number of esters is 1. The fourth-order valence-electron chi connectivity index (χ4n) is 1.21. The summed E-state index contributed by atoms with van der Waals surface area (Å²) in [5.41, 5.74) is 6.15. The maximum Gasteiger partial charge on any atom is 0.337 e. The Morgan fingerprint density at radius 3 is 1.96 bits per heavy atom. The lowest BCUT2D eigenvalue weighted by atomic mass is 10.2. The average Bonchev–Trinajstić information content (AvgIpc) is 2.63. The fraction of sp³-hybridized carbons (Fsp3) is 0.842. The van der Waals surface area contributed by atoms with Crippen molar-refractivity contribution in [3.8, 4) is 0 Å². The monoisotopic (exact) mass is 364 g/mol. The summed E-state index contributed by atoms with van der Waals surface area (Å²) in [7, 11) is 3.25. The van der Waals surface area contributed by atoms with Crippen LogP contribution >= 0.6 is 0 Å². The van der Waals surface area contributed by atoms with E-state index in [-0.39, 0.29) is 6.61 Å². The zero-order valence-electron chi connectivity index (χ0n) is 18.3. The van der Waals surface area contributed by atoms with E-state index < -0.39 is 12.2 Å². The number of carbonyl (C=O) groups excluding carboxylic acids is 1. The molecule has 0 amide bonds. The zero-order valence-corrected chi connectivity index (χ0v) is 18.3. The molecule has 6 nitrogen and oxygen atoms in total. The SMILES string of the molecule is CC.CC.CCC.CCC/C(=C\OC)C(=O)OCC(N)ON(C)CC. The largest absolute Gasteiger partial charge is 0.504 e. The van der Waals surface area contributed by atoms with Crippen LogP contribution in [0.1, 0.15) is 74.7 Å². The summed E-state index contributed by atoms with van der Waals surface area (Å²) in [6.45, 7) is 16.9. The summed E-state index contributed by atoms with van der Waals surface area (Å²) in [6, 6.07) is 0. The van der Waals surface area contributed by atoms with Gasteiger partial charge in [-0.2, -0.15) is 5.06 Å². The van der Waals surface area contributed by atoms with E-state index in [0.29, 0.717) is 18.5 Å². The molecule has 0 spiro atoms. The number of hydroxylamine groups is 2. The van der Waals surface area contributed by atoms with Gasteiger partial charge < -0.3 is 15.2 Å². The second-order valence-corrected chi connectivity index (χ2v) is 4.52. The van der Waals surface area contributed by atoms with Crippen molar-refractivity contribution in [2.75, 3.05) is 27.3 Å². The van der Waals surface area contributed by atoms with Crippen molar-refractivity contribution in [2.45, 2.75) is 80.9 Å². The zero-order chi connectivity index (χ0) is 20.7. The number of nitrogens with zero attached hydrogens (tertiary/aromatic N) is 1. The van der Waals surface area contributed by atoms with E-state index >= 15 is 0 Å². The van der Waals surface area contributed by atoms with Crippen LogP contribution in [-0.4, -0.2) is 44.6 Å². The van der Waals surface area contributed by atoms with Crippen LogP contribution in [0.25, 0.3) is 0 Å². The molecule has 2 N–H and O–H groups in total. The number of methoxy groups -OCH3 is 1. The van der Waals surface area contributed by atoms with E-state index in [1.54, 1.807) is 12.1 Å². The Morgan fingerprint density at radius 1 is 1.12 bits per heavy atom. The molecule has 6 heteroatoms. The average molecular weight is 365 g/mol. The minimum absolute atomic E-state index is 0.00788. The van der Waals surface area contributed by atoms with Crippen LogP contribution in [0, 0.1) is 0 Å². The van der Waals surface area contributed by atoms with Gasteiger partial charge in [0.25, 0.3) is 0 Å². The number of hydrogen-bond acceptors (Lipinski definition) is 6. The van der Waals surface area contributed by atoms with Gasteiger partial charge in [-0.3, -0.25) is 4.84 Å². The van der Waals surface area contributed by atoms with Gasteiger partial charge in [0.2, 0.25) is 0 Å². The van der Waals surface area contributed by atoms with E-state index in [9.17, 15) is 4.79 Å². The van der Waals surface area contributed by atoms with E-state index in [4.69, 9.17) is 20.0 Å². The van der Waals surface area contributed by atoms with Crippen LogP contribution in [0.3, 0.4) is 0 Å². The first-order chi connectivity index (χ1) is 12.0. The third-order valence-corrected chi connectivity index (χ3v) is 2.18. The fourth-order valence-corrected chi connectivity index (χ4v) is 1.21. The molecule has 0 saturated carbocycles. The Hall–Kier alpha value is -1.11. The molecule has 154 valence electrons. The smallest absolute Gasteiger partial charge is 0.337 e. The van der Waals surface area contributed by atoms with E-state index in [1.165, 1.54) is 19.8 Å². The third kappa shape index (κ3) is 25.2. The maximum atomic E-state index is 11.7. The van der Waals surface area contributed by atoms with Gasteiger partial charge in [0.15, 0.2) is 6.23 Å². The quantitative estimate of drug-likeness (QED) is 0.213. The minimum atomic E-state index is -0.663. The van der Waals surface area contributed by atoms with Gasteiger partial charge in [0.05, 0.1) is 18.9 Å². The molecule has 0 aromatic heterocycles. The molecular formula is C19H44N2O4. The second kappa shape index (κ2) is 27.7. The minimum Gasteiger partial charge on any atom is -0.504 e. The van der Waals surface area contributed by atoms with Gasteiger partial charge in [-0.25, -0.2) is 4.79 Å². The van der Waals surface area contributed by atoms with Gasteiger partial charge in [0, 0.05) is 13.6 Å². The molecule has 0 aliphatic carbocycles. The molecule has 0 aliphatic rings. The highest BCUT2D eigenvalue weighted by molar-refractivity contribution is 5.88. The van der Waals surface area contributed by atoms with Crippen molar-refractivity contribution in [3.63, 3.8) is 0 Å². The Balaban J connectivity index is -0.000000274. The standard InChI is InChI=1S/C12H24N2O4.C3H8.2C2H6/c1-5-7-10(8-16-4)12(15)17-9-11(13)18-14(3)6-2;1-3-2;2*1-2/h8,11H,5-7,9,13H2,1-4H3;3H2,1-2H3;2*1-2H3/b10-8+;;;. The predicted molar refractivity (Wildman–Crippen MR) is 107 cm³/mol. The number of rotatable bonds is 9. The van der Waals surface area contributed by atoms with Crippen molar-refractivity contribution >= 4 is 5.97 Å². The lowest BCUT2D eigenvalue weighted by Gasteiger charge is -2.19. The van der Waals surface area contributed by atoms with E-state index in [0.717, 1.165) is 6.42 Å². The van der Waals surface area contributed by atoms with Crippen LogP contribution < -0.4 is 5.73 Å². The summed E-state index contributed by atoms with van der Waals surface area (Å²) in [6.07, 6.45) is 3.43. The molecule has 1 atom stereocenters. The molecule has 0 fully saturated rings. The first-order valence-corrected chi connectivity index (χ1v) is 9.48. The summed E-state index contributed by atoms with van der Waals surface area (Å²) in [5.74, 6) is -0.420. The summed E-state index contributed by atoms with van der Waals surface area (Å²) < 4.78 is 9.89. The molecule has 25 heavy (non-hydrogen) atoms. The van der Waals surface area contributed by atoms with Crippen LogP contribution in [0.5, 0.6) is 0 Å². The molecule has 1 unspecified atom stereocenters. The van der Waals surface area contributed by atoms with Crippen molar-refractivity contribution in [2.24, 2.45) is 5.73 Å². The lowest BCUT2D eigenvalue weighted by Crippen LogP contribution is -2.37. The molecule has 0 heterocycles. The van der Waals surface area contributed by atoms with Crippen LogP contribution in [0.4, 0.5) is 0 Å². The van der Waals surface area contributed by atoms with Crippen molar-refractivity contribution in [1.29, 1.82) is 0 Å². The van der Waals surface area contributed by atoms with Crippen LogP contribution in [0.15, 0.2) is 11.8 Å². The third-order valence-electron chi connectivity index (χ3n) is 2.18. The van der Waals surface area contributed by atoms with Gasteiger partial charge in [-0.1, -0.05) is 68.2 Å². The highest BCUT2D eigenvalue weighted by Crippen LogP contribution is 2.07. The Labute approximate surface area is 156 Å². The van der Waals surface area contributed by atoms with E-state index in [1.807, 2.05) is 41.5 Å². The highest BCUT2D eigenvalue weighted by Gasteiger charge is 2.14. The normalized spacial score (nSPS) is 11.0. The van der Waals surface area contributed by atoms with Crippen molar-refractivity contribution in [3.05, 3.63) is 11.8 Å². The maximum absolute atomic E-state index is 11.7. The van der Waals surface area contributed by atoms with E-state index in [2.05, 4.69) is 13.8 Å². The summed E-state index contributed by atoms with van der Waals surface area (Å²) in [4.78, 5) is 16.9. The molecule has 0 bridgehead atoms. The highest BCUT2D eigenvalue weighted by atomic mass is 16.7. The molecule has 0 aromatic carbocycles. The second-order valence-electron chi connectivity index (χ2n) is 4.52. The van der Waals surface area contributed by atoms with Crippen LogP contribution in [0.2, 0.25) is 0 Å². The van der Waals surface area contributed by atoms with Gasteiger partial charge in [-0.05, 0) is 6.42 Å². The number of nitrogens with two attached hydrogens (primary N) is 1. The Kier molecular flexibility index (Phi) is 35.1. The van der Waals surface area contributed by atoms with Crippen molar-refractivity contribution < 1.29 is 19.1 Å². The topological polar surface area (TPSA) is 74.0 Å². The van der Waals surface area contributed by atoms with Gasteiger partial charge >= 0.3 is 5.97 Å². The van der Waals surface area contributed by atoms with Gasteiger partial charge in [-0.15, -0.1) is 0 Å². The molecule has 0 saturated heterocycles.